The minimum absolute atomic E-state index is 0.375. The second kappa shape index (κ2) is 6.44. The predicted octanol–water partition coefficient (Wildman–Crippen LogP) is 2.31. The fraction of sp³-hybridized carbons (Fsp3) is 0.733. The van der Waals surface area contributed by atoms with Gasteiger partial charge < -0.3 is 10.1 Å². The van der Waals surface area contributed by atoms with Gasteiger partial charge in [-0.25, -0.2) is 9.97 Å². The van der Waals surface area contributed by atoms with E-state index in [0.29, 0.717) is 11.8 Å². The molecule has 1 aromatic rings. The van der Waals surface area contributed by atoms with Gasteiger partial charge in [0.2, 0.25) is 0 Å². The Bertz CT molecular complexity index is 404. The standard InChI is InChI=1S/C15H25N3O/c1-10(8-16-4)14-11(2)17-15(18-12(14)3)13-6-5-7-19-9-13/h10,13,16H,5-9H2,1-4H3. The number of rotatable bonds is 4. The fourth-order valence-electron chi connectivity index (χ4n) is 3.00. The van der Waals surface area contributed by atoms with Crippen molar-refractivity contribution in [3.8, 4) is 0 Å². The van der Waals surface area contributed by atoms with Crippen molar-refractivity contribution in [1.29, 1.82) is 0 Å². The third-order valence-corrected chi connectivity index (χ3v) is 3.87. The van der Waals surface area contributed by atoms with E-state index in [0.717, 1.165) is 49.8 Å². The summed E-state index contributed by atoms with van der Waals surface area (Å²) in [5.74, 6) is 1.79. The third kappa shape index (κ3) is 3.31. The Labute approximate surface area is 116 Å². The molecule has 2 unspecified atom stereocenters. The SMILES string of the molecule is CNCC(C)c1c(C)nc(C2CCCOC2)nc1C. The van der Waals surface area contributed by atoms with Crippen molar-refractivity contribution in [2.24, 2.45) is 0 Å². The Morgan fingerprint density at radius 1 is 1.32 bits per heavy atom. The van der Waals surface area contributed by atoms with Crippen LogP contribution in [0.4, 0.5) is 0 Å². The molecule has 19 heavy (non-hydrogen) atoms. The Kier molecular flexibility index (Phi) is 4.88. The molecular formula is C15H25N3O. The highest BCUT2D eigenvalue weighted by Crippen LogP contribution is 2.26. The van der Waals surface area contributed by atoms with E-state index < -0.39 is 0 Å². The summed E-state index contributed by atoms with van der Waals surface area (Å²) >= 11 is 0. The van der Waals surface area contributed by atoms with Gasteiger partial charge in [-0.15, -0.1) is 0 Å². The molecule has 1 aromatic heterocycles. The highest BCUT2D eigenvalue weighted by Gasteiger charge is 2.21. The number of hydrogen-bond donors (Lipinski definition) is 1. The minimum Gasteiger partial charge on any atom is -0.381 e. The maximum atomic E-state index is 5.54. The zero-order chi connectivity index (χ0) is 13.8. The van der Waals surface area contributed by atoms with Gasteiger partial charge in [0.05, 0.1) is 6.61 Å². The van der Waals surface area contributed by atoms with E-state index >= 15 is 0 Å². The molecule has 0 spiro atoms. The molecule has 1 saturated heterocycles. The minimum atomic E-state index is 0.375. The first-order valence-electron chi connectivity index (χ1n) is 7.20. The quantitative estimate of drug-likeness (QED) is 0.905. The smallest absolute Gasteiger partial charge is 0.134 e. The lowest BCUT2D eigenvalue weighted by Gasteiger charge is -2.23. The Balaban J connectivity index is 2.25. The van der Waals surface area contributed by atoms with E-state index in [-0.39, 0.29) is 0 Å². The van der Waals surface area contributed by atoms with Gasteiger partial charge in [-0.2, -0.15) is 0 Å². The summed E-state index contributed by atoms with van der Waals surface area (Å²) in [5.41, 5.74) is 3.53. The van der Waals surface area contributed by atoms with Gasteiger partial charge in [0.15, 0.2) is 0 Å². The molecule has 1 N–H and O–H groups in total. The number of hydrogen-bond acceptors (Lipinski definition) is 4. The van der Waals surface area contributed by atoms with Gasteiger partial charge >= 0.3 is 0 Å². The van der Waals surface area contributed by atoms with Crippen LogP contribution >= 0.6 is 0 Å². The fourth-order valence-corrected chi connectivity index (χ4v) is 3.00. The van der Waals surface area contributed by atoms with Crippen LogP contribution in [0.3, 0.4) is 0 Å². The number of likely N-dealkylation sites (N-methyl/N-ethyl adjacent to an activating group) is 1. The van der Waals surface area contributed by atoms with Crippen molar-refractivity contribution in [3.63, 3.8) is 0 Å². The topological polar surface area (TPSA) is 47.0 Å². The van der Waals surface area contributed by atoms with Crippen molar-refractivity contribution in [3.05, 3.63) is 22.8 Å². The summed E-state index contributed by atoms with van der Waals surface area (Å²) in [6.45, 7) is 9.03. The molecule has 2 heterocycles. The maximum absolute atomic E-state index is 5.54. The largest absolute Gasteiger partial charge is 0.381 e. The molecule has 4 heteroatoms. The number of nitrogens with zero attached hydrogens (tertiary/aromatic N) is 2. The van der Waals surface area contributed by atoms with Crippen LogP contribution in [-0.4, -0.2) is 36.8 Å². The molecule has 1 aliphatic heterocycles. The van der Waals surface area contributed by atoms with Crippen LogP contribution in [-0.2, 0) is 4.74 Å². The molecule has 1 fully saturated rings. The van der Waals surface area contributed by atoms with Gasteiger partial charge in [-0.3, -0.25) is 0 Å². The lowest BCUT2D eigenvalue weighted by molar-refractivity contribution is 0.0779. The van der Waals surface area contributed by atoms with Crippen LogP contribution in [0.1, 0.15) is 54.4 Å². The summed E-state index contributed by atoms with van der Waals surface area (Å²) in [5, 5.41) is 3.22. The molecule has 0 bridgehead atoms. The molecule has 2 rings (SSSR count). The first-order valence-corrected chi connectivity index (χ1v) is 7.20. The van der Waals surface area contributed by atoms with Crippen molar-refractivity contribution in [2.75, 3.05) is 26.8 Å². The molecule has 0 aromatic carbocycles. The number of aromatic nitrogens is 2. The maximum Gasteiger partial charge on any atom is 0.134 e. The molecule has 0 amide bonds. The number of ether oxygens (including phenoxy) is 1. The second-order valence-electron chi connectivity index (χ2n) is 5.54. The van der Waals surface area contributed by atoms with E-state index in [1.54, 1.807) is 0 Å². The van der Waals surface area contributed by atoms with Crippen LogP contribution in [0.5, 0.6) is 0 Å². The lowest BCUT2D eigenvalue weighted by atomic mass is 9.96. The predicted molar refractivity (Wildman–Crippen MR) is 76.6 cm³/mol. The molecule has 106 valence electrons. The van der Waals surface area contributed by atoms with Gasteiger partial charge in [0, 0.05) is 30.5 Å². The van der Waals surface area contributed by atoms with Crippen LogP contribution in [0.2, 0.25) is 0 Å². The summed E-state index contributed by atoms with van der Waals surface area (Å²) in [6, 6.07) is 0. The first-order chi connectivity index (χ1) is 9.13. The first kappa shape index (κ1) is 14.4. The summed E-state index contributed by atoms with van der Waals surface area (Å²) < 4.78 is 5.54. The Morgan fingerprint density at radius 3 is 2.53 bits per heavy atom. The van der Waals surface area contributed by atoms with Crippen LogP contribution < -0.4 is 5.32 Å². The molecular weight excluding hydrogens is 238 g/mol. The van der Waals surface area contributed by atoms with Gasteiger partial charge in [-0.05, 0) is 45.2 Å². The van der Waals surface area contributed by atoms with E-state index in [2.05, 4.69) is 26.1 Å². The molecule has 0 saturated carbocycles. The summed E-state index contributed by atoms with van der Waals surface area (Å²) in [6.07, 6.45) is 2.26. The molecule has 4 nitrogen and oxygen atoms in total. The monoisotopic (exact) mass is 263 g/mol. The Hall–Kier alpha value is -1.00. The van der Waals surface area contributed by atoms with Gasteiger partial charge in [0.1, 0.15) is 5.82 Å². The van der Waals surface area contributed by atoms with E-state index in [1.165, 1.54) is 5.56 Å². The average Bonchev–Trinajstić information content (AvgIpc) is 2.39. The van der Waals surface area contributed by atoms with Crippen molar-refractivity contribution < 1.29 is 4.74 Å². The van der Waals surface area contributed by atoms with Crippen LogP contribution in [0, 0.1) is 13.8 Å². The number of aryl methyl sites for hydroxylation is 2. The normalized spacial score (nSPS) is 21.4. The van der Waals surface area contributed by atoms with E-state index in [1.807, 2.05) is 7.05 Å². The summed E-state index contributed by atoms with van der Waals surface area (Å²) in [7, 11) is 1.98. The van der Waals surface area contributed by atoms with Gasteiger partial charge in [0.25, 0.3) is 0 Å². The molecule has 1 aliphatic rings. The second-order valence-corrected chi connectivity index (χ2v) is 5.54. The zero-order valence-electron chi connectivity index (χ0n) is 12.5. The highest BCUT2D eigenvalue weighted by molar-refractivity contribution is 5.29. The zero-order valence-corrected chi connectivity index (χ0v) is 12.5. The molecule has 0 radical (unpaired) electrons. The Morgan fingerprint density at radius 2 is 2.00 bits per heavy atom. The van der Waals surface area contributed by atoms with Crippen LogP contribution in [0.25, 0.3) is 0 Å². The van der Waals surface area contributed by atoms with Crippen molar-refractivity contribution in [2.45, 2.75) is 45.4 Å². The highest BCUT2D eigenvalue weighted by atomic mass is 16.5. The van der Waals surface area contributed by atoms with E-state index in [9.17, 15) is 0 Å². The summed E-state index contributed by atoms with van der Waals surface area (Å²) in [4.78, 5) is 9.48. The average molecular weight is 263 g/mol. The molecule has 2 atom stereocenters. The third-order valence-electron chi connectivity index (χ3n) is 3.87. The van der Waals surface area contributed by atoms with Crippen molar-refractivity contribution >= 4 is 0 Å². The van der Waals surface area contributed by atoms with E-state index in [4.69, 9.17) is 14.7 Å². The number of nitrogens with one attached hydrogen (secondary N) is 1. The van der Waals surface area contributed by atoms with Crippen LogP contribution in [0.15, 0.2) is 0 Å². The lowest BCUT2D eigenvalue weighted by Crippen LogP contribution is -2.21. The van der Waals surface area contributed by atoms with Crippen molar-refractivity contribution in [1.82, 2.24) is 15.3 Å². The molecule has 0 aliphatic carbocycles. The van der Waals surface area contributed by atoms with Gasteiger partial charge in [-0.1, -0.05) is 6.92 Å².